The fraction of sp³-hybridized carbons (Fsp3) is 0.107. The molecule has 0 spiro atoms. The predicted octanol–water partition coefficient (Wildman–Crippen LogP) is 8.26. The molecular formula is C28H22ClFN2OS. The first kappa shape index (κ1) is 22.4. The van der Waals surface area contributed by atoms with Crippen LogP contribution in [0.15, 0.2) is 84.9 Å². The summed E-state index contributed by atoms with van der Waals surface area (Å²) in [5, 5.41) is 4.84. The van der Waals surface area contributed by atoms with Crippen LogP contribution in [0.1, 0.15) is 16.7 Å². The monoisotopic (exact) mass is 488 g/mol. The van der Waals surface area contributed by atoms with Gasteiger partial charge in [0.2, 0.25) is 0 Å². The summed E-state index contributed by atoms with van der Waals surface area (Å²) in [7, 11) is 0. The van der Waals surface area contributed by atoms with Gasteiger partial charge in [0.15, 0.2) is 0 Å². The molecule has 1 aromatic heterocycles. The van der Waals surface area contributed by atoms with Crippen LogP contribution in [0, 0.1) is 12.7 Å². The molecule has 0 aliphatic heterocycles. The maximum Gasteiger partial charge on any atom is 0.124 e. The van der Waals surface area contributed by atoms with Gasteiger partial charge in [-0.05, 0) is 67.1 Å². The topological polar surface area (TPSA) is 34.2 Å². The van der Waals surface area contributed by atoms with E-state index in [1.165, 1.54) is 22.4 Å². The van der Waals surface area contributed by atoms with E-state index < -0.39 is 0 Å². The molecule has 3 nitrogen and oxygen atoms in total. The molecule has 1 heterocycles. The van der Waals surface area contributed by atoms with Gasteiger partial charge in [-0.2, -0.15) is 0 Å². The summed E-state index contributed by atoms with van der Waals surface area (Å²) in [6.45, 7) is 2.97. The van der Waals surface area contributed by atoms with Crippen molar-refractivity contribution in [2.45, 2.75) is 20.1 Å². The lowest BCUT2D eigenvalue weighted by molar-refractivity contribution is 0.303. The number of hydrogen-bond acceptors (Lipinski definition) is 4. The summed E-state index contributed by atoms with van der Waals surface area (Å²) >= 11 is 7.84. The Hall–Kier alpha value is -3.41. The Morgan fingerprint density at radius 3 is 2.59 bits per heavy atom. The molecule has 0 radical (unpaired) electrons. The van der Waals surface area contributed by atoms with Crippen molar-refractivity contribution in [3.63, 3.8) is 0 Å². The highest BCUT2D eigenvalue weighted by Crippen LogP contribution is 2.31. The quantitative estimate of drug-likeness (QED) is 0.250. The van der Waals surface area contributed by atoms with Crippen molar-refractivity contribution in [3.05, 3.63) is 112 Å². The van der Waals surface area contributed by atoms with Gasteiger partial charge >= 0.3 is 0 Å². The van der Waals surface area contributed by atoms with Crippen LogP contribution >= 0.6 is 22.9 Å². The zero-order chi connectivity index (χ0) is 23.5. The number of benzene rings is 4. The summed E-state index contributed by atoms with van der Waals surface area (Å²) in [5.41, 5.74) is 6.15. The molecule has 0 aliphatic rings. The molecule has 4 aromatic carbocycles. The fourth-order valence-corrected chi connectivity index (χ4v) is 4.96. The van der Waals surface area contributed by atoms with Gasteiger partial charge in [0.25, 0.3) is 0 Å². The molecule has 0 amide bonds. The molecule has 5 rings (SSSR count). The molecule has 0 aliphatic carbocycles. The van der Waals surface area contributed by atoms with Crippen LogP contribution < -0.4 is 10.1 Å². The van der Waals surface area contributed by atoms with E-state index in [0.29, 0.717) is 11.6 Å². The third kappa shape index (κ3) is 5.06. The van der Waals surface area contributed by atoms with E-state index in [0.717, 1.165) is 38.7 Å². The standard InChI is InChI=1S/C28H22ClFN2OS/c1-18-6-13-25-27(14-18)34-28(32-25)19-8-11-23(12-9-19)31-16-20-4-2-3-5-26(20)33-17-21-7-10-22(30)15-24(21)29/h2-15,31H,16-17H2,1H3. The van der Waals surface area contributed by atoms with Crippen molar-refractivity contribution in [1.82, 2.24) is 4.98 Å². The van der Waals surface area contributed by atoms with Crippen molar-refractivity contribution in [3.8, 4) is 16.3 Å². The van der Waals surface area contributed by atoms with Crippen molar-refractivity contribution in [1.29, 1.82) is 0 Å². The number of aromatic nitrogens is 1. The van der Waals surface area contributed by atoms with Crippen LogP contribution in [0.3, 0.4) is 0 Å². The molecule has 0 bridgehead atoms. The Labute approximate surface area is 206 Å². The van der Waals surface area contributed by atoms with Crippen LogP contribution in [-0.4, -0.2) is 4.98 Å². The van der Waals surface area contributed by atoms with Gasteiger partial charge in [-0.15, -0.1) is 11.3 Å². The van der Waals surface area contributed by atoms with Crippen LogP contribution in [0.25, 0.3) is 20.8 Å². The minimum atomic E-state index is -0.359. The number of nitrogens with zero attached hydrogens (tertiary/aromatic N) is 1. The second kappa shape index (κ2) is 9.84. The molecule has 1 N–H and O–H groups in total. The lowest BCUT2D eigenvalue weighted by Crippen LogP contribution is -2.04. The maximum absolute atomic E-state index is 13.3. The SMILES string of the molecule is Cc1ccc2nc(-c3ccc(NCc4ccccc4OCc4ccc(F)cc4Cl)cc3)sc2c1. The summed E-state index contributed by atoms with van der Waals surface area (Å²) in [4.78, 5) is 4.77. The number of halogens is 2. The first-order chi connectivity index (χ1) is 16.5. The van der Waals surface area contributed by atoms with E-state index >= 15 is 0 Å². The lowest BCUT2D eigenvalue weighted by atomic mass is 10.1. The minimum Gasteiger partial charge on any atom is -0.488 e. The van der Waals surface area contributed by atoms with Crippen LogP contribution in [-0.2, 0) is 13.2 Å². The van der Waals surface area contributed by atoms with E-state index in [-0.39, 0.29) is 12.4 Å². The molecule has 0 fully saturated rings. The van der Waals surface area contributed by atoms with Crippen LogP contribution in [0.4, 0.5) is 10.1 Å². The molecule has 5 aromatic rings. The molecule has 0 saturated carbocycles. The van der Waals surface area contributed by atoms with Gasteiger partial charge in [0.1, 0.15) is 23.2 Å². The Balaban J connectivity index is 1.25. The Morgan fingerprint density at radius 2 is 1.76 bits per heavy atom. The average Bonchev–Trinajstić information content (AvgIpc) is 3.26. The number of thiazole rings is 1. The van der Waals surface area contributed by atoms with Crippen molar-refractivity contribution < 1.29 is 9.13 Å². The number of rotatable bonds is 7. The largest absolute Gasteiger partial charge is 0.488 e. The first-order valence-corrected chi connectivity index (χ1v) is 12.1. The number of hydrogen-bond donors (Lipinski definition) is 1. The Kier molecular flexibility index (Phi) is 6.48. The van der Waals surface area contributed by atoms with Gasteiger partial charge in [-0.25, -0.2) is 9.37 Å². The zero-order valence-electron chi connectivity index (χ0n) is 18.5. The van der Waals surface area contributed by atoms with E-state index in [9.17, 15) is 4.39 Å². The highest BCUT2D eigenvalue weighted by molar-refractivity contribution is 7.21. The Bertz CT molecular complexity index is 1450. The van der Waals surface area contributed by atoms with Crippen molar-refractivity contribution in [2.75, 3.05) is 5.32 Å². The smallest absolute Gasteiger partial charge is 0.124 e. The number of anilines is 1. The molecule has 6 heteroatoms. The molecule has 0 unspecified atom stereocenters. The zero-order valence-corrected chi connectivity index (χ0v) is 20.1. The summed E-state index contributed by atoms with van der Waals surface area (Å²) in [5.74, 6) is 0.402. The maximum atomic E-state index is 13.3. The third-order valence-electron chi connectivity index (χ3n) is 5.53. The minimum absolute atomic E-state index is 0.270. The number of aryl methyl sites for hydroxylation is 1. The summed E-state index contributed by atoms with van der Waals surface area (Å²) in [6, 6.07) is 26.8. The van der Waals surface area contributed by atoms with E-state index in [1.54, 1.807) is 17.4 Å². The van der Waals surface area contributed by atoms with E-state index in [2.05, 4.69) is 54.7 Å². The Morgan fingerprint density at radius 1 is 0.941 bits per heavy atom. The van der Waals surface area contributed by atoms with Gasteiger partial charge in [-0.1, -0.05) is 41.9 Å². The van der Waals surface area contributed by atoms with Crippen LogP contribution in [0.2, 0.25) is 5.02 Å². The molecule has 0 atom stereocenters. The van der Waals surface area contributed by atoms with Gasteiger partial charge in [-0.3, -0.25) is 0 Å². The van der Waals surface area contributed by atoms with E-state index in [4.69, 9.17) is 21.3 Å². The van der Waals surface area contributed by atoms with Gasteiger partial charge in [0, 0.05) is 28.9 Å². The second-order valence-electron chi connectivity index (χ2n) is 8.05. The highest BCUT2D eigenvalue weighted by atomic mass is 35.5. The summed E-state index contributed by atoms with van der Waals surface area (Å²) < 4.78 is 20.5. The van der Waals surface area contributed by atoms with Gasteiger partial charge < -0.3 is 10.1 Å². The molecule has 170 valence electrons. The highest BCUT2D eigenvalue weighted by Gasteiger charge is 2.09. The first-order valence-electron chi connectivity index (χ1n) is 10.9. The number of ether oxygens (including phenoxy) is 1. The second-order valence-corrected chi connectivity index (χ2v) is 9.49. The molecular weight excluding hydrogens is 467 g/mol. The van der Waals surface area contributed by atoms with Crippen molar-refractivity contribution in [2.24, 2.45) is 0 Å². The molecule has 0 saturated heterocycles. The normalized spacial score (nSPS) is 11.0. The third-order valence-corrected chi connectivity index (χ3v) is 6.95. The predicted molar refractivity (Wildman–Crippen MR) is 139 cm³/mol. The molecule has 34 heavy (non-hydrogen) atoms. The van der Waals surface area contributed by atoms with Gasteiger partial charge in [0.05, 0.1) is 15.2 Å². The number of nitrogens with one attached hydrogen (secondary N) is 1. The van der Waals surface area contributed by atoms with Crippen LogP contribution in [0.5, 0.6) is 5.75 Å². The lowest BCUT2D eigenvalue weighted by Gasteiger charge is -2.14. The number of fused-ring (bicyclic) bond motifs is 1. The number of para-hydroxylation sites is 1. The average molecular weight is 489 g/mol. The van der Waals surface area contributed by atoms with E-state index in [1.807, 2.05) is 24.3 Å². The summed E-state index contributed by atoms with van der Waals surface area (Å²) in [6.07, 6.45) is 0. The fourth-order valence-electron chi connectivity index (χ4n) is 3.67. The van der Waals surface area contributed by atoms with Crippen molar-refractivity contribution >= 4 is 38.8 Å².